The summed E-state index contributed by atoms with van der Waals surface area (Å²) >= 11 is 5.88. The summed E-state index contributed by atoms with van der Waals surface area (Å²) in [7, 11) is 1.37. The number of carbonyl (C=O) groups is 1. The van der Waals surface area contributed by atoms with Crippen molar-refractivity contribution in [1.82, 2.24) is 29.3 Å². The molecule has 0 aliphatic carbocycles. The highest BCUT2D eigenvalue weighted by Crippen LogP contribution is 2.30. The van der Waals surface area contributed by atoms with Gasteiger partial charge in [0.15, 0.2) is 5.82 Å². The maximum absolute atomic E-state index is 14.3. The zero-order valence-corrected chi connectivity index (χ0v) is 25.5. The Labute approximate surface area is 264 Å². The SMILES string of the molecule is CCCn1cnnc1Cn1c(Cc2ccc(-c3cccnc3OCc3ccc(Cl)cc3F)cc2)nc2ccc(C(=O)OC)cc21. The van der Waals surface area contributed by atoms with Gasteiger partial charge in [-0.3, -0.25) is 0 Å². The summed E-state index contributed by atoms with van der Waals surface area (Å²) < 4.78 is 29.3. The number of hydrogen-bond donors (Lipinski definition) is 0. The number of methoxy groups -OCH3 is 1. The van der Waals surface area contributed by atoms with E-state index in [2.05, 4.69) is 26.7 Å². The molecule has 0 saturated carbocycles. The standard InChI is InChI=1S/C34H30ClFN6O3/c1-3-15-41-21-38-40-32(41)19-42-30-17-24(34(43)44-2)11-13-29(30)39-31(42)16-22-6-8-23(9-7-22)27-5-4-14-37-33(27)45-20-25-10-12-26(35)18-28(25)36/h4-14,17-18,21H,3,15-16,19-20H2,1-2H3. The Morgan fingerprint density at radius 3 is 2.64 bits per heavy atom. The van der Waals surface area contributed by atoms with E-state index >= 15 is 0 Å². The van der Waals surface area contributed by atoms with Gasteiger partial charge >= 0.3 is 5.97 Å². The van der Waals surface area contributed by atoms with Crippen molar-refractivity contribution in [2.24, 2.45) is 0 Å². The van der Waals surface area contributed by atoms with Crippen LogP contribution >= 0.6 is 11.6 Å². The number of pyridine rings is 1. The van der Waals surface area contributed by atoms with Crippen LogP contribution < -0.4 is 4.74 Å². The lowest BCUT2D eigenvalue weighted by Crippen LogP contribution is -2.12. The molecule has 228 valence electrons. The fourth-order valence-electron chi connectivity index (χ4n) is 5.19. The molecule has 0 spiro atoms. The summed E-state index contributed by atoms with van der Waals surface area (Å²) in [4.78, 5) is 21.7. The number of imidazole rings is 1. The number of nitrogens with zero attached hydrogens (tertiary/aromatic N) is 6. The van der Waals surface area contributed by atoms with E-state index in [1.54, 1.807) is 36.8 Å². The molecule has 0 aliphatic heterocycles. The lowest BCUT2D eigenvalue weighted by molar-refractivity contribution is 0.0601. The van der Waals surface area contributed by atoms with Gasteiger partial charge in [-0.25, -0.2) is 19.2 Å². The van der Waals surface area contributed by atoms with E-state index in [4.69, 9.17) is 26.1 Å². The normalized spacial score (nSPS) is 11.2. The Balaban J connectivity index is 1.28. The number of fused-ring (bicyclic) bond motifs is 1. The van der Waals surface area contributed by atoms with Crippen LogP contribution in [0.3, 0.4) is 0 Å². The van der Waals surface area contributed by atoms with Crippen molar-refractivity contribution in [3.63, 3.8) is 0 Å². The van der Waals surface area contributed by atoms with Crippen LogP contribution in [0.25, 0.3) is 22.2 Å². The molecule has 0 N–H and O–H groups in total. The maximum Gasteiger partial charge on any atom is 0.337 e. The minimum absolute atomic E-state index is 0.0189. The highest BCUT2D eigenvalue weighted by Gasteiger charge is 2.18. The molecule has 0 saturated heterocycles. The summed E-state index contributed by atoms with van der Waals surface area (Å²) in [6.45, 7) is 3.37. The van der Waals surface area contributed by atoms with Crippen molar-refractivity contribution in [3.8, 4) is 17.0 Å². The first-order valence-corrected chi connectivity index (χ1v) is 14.9. The molecule has 0 fully saturated rings. The van der Waals surface area contributed by atoms with Crippen molar-refractivity contribution in [1.29, 1.82) is 0 Å². The fraction of sp³-hybridized carbons (Fsp3) is 0.206. The third-order valence-corrected chi connectivity index (χ3v) is 7.72. The van der Waals surface area contributed by atoms with Crippen LogP contribution in [0.2, 0.25) is 5.02 Å². The van der Waals surface area contributed by atoms with Gasteiger partial charge in [0.05, 0.1) is 30.3 Å². The van der Waals surface area contributed by atoms with E-state index in [0.29, 0.717) is 35.0 Å². The van der Waals surface area contributed by atoms with Gasteiger partial charge in [-0.05, 0) is 60.0 Å². The zero-order chi connectivity index (χ0) is 31.3. The molecular formula is C34H30ClFN6O3. The summed E-state index contributed by atoms with van der Waals surface area (Å²) in [5.41, 5.74) is 5.15. The number of aromatic nitrogens is 6. The summed E-state index contributed by atoms with van der Waals surface area (Å²) in [6, 6.07) is 21.7. The van der Waals surface area contributed by atoms with Crippen LogP contribution in [0, 0.1) is 5.82 Å². The molecule has 3 aromatic heterocycles. The first-order chi connectivity index (χ1) is 21.9. The van der Waals surface area contributed by atoms with E-state index in [0.717, 1.165) is 52.3 Å². The lowest BCUT2D eigenvalue weighted by Gasteiger charge is -2.12. The molecule has 0 atom stereocenters. The number of rotatable bonds is 11. The van der Waals surface area contributed by atoms with E-state index in [-0.39, 0.29) is 6.61 Å². The quantitative estimate of drug-likeness (QED) is 0.145. The van der Waals surface area contributed by atoms with Gasteiger partial charge in [0, 0.05) is 35.3 Å². The Hall–Kier alpha value is -5.09. The van der Waals surface area contributed by atoms with E-state index in [9.17, 15) is 9.18 Å². The van der Waals surface area contributed by atoms with Crippen LogP contribution in [0.15, 0.2) is 85.3 Å². The minimum atomic E-state index is -0.428. The zero-order valence-electron chi connectivity index (χ0n) is 24.8. The molecule has 0 amide bonds. The molecule has 0 aliphatic rings. The monoisotopic (exact) mass is 624 g/mol. The van der Waals surface area contributed by atoms with Gasteiger partial charge in [-0.1, -0.05) is 48.9 Å². The summed E-state index contributed by atoms with van der Waals surface area (Å²) in [6.07, 6.45) is 4.86. The topological polar surface area (TPSA) is 97.0 Å². The molecule has 0 unspecified atom stereocenters. The minimum Gasteiger partial charge on any atom is -0.472 e. The predicted octanol–water partition coefficient (Wildman–Crippen LogP) is 6.90. The number of halogens is 2. The van der Waals surface area contributed by atoms with Crippen LogP contribution in [0.4, 0.5) is 4.39 Å². The lowest BCUT2D eigenvalue weighted by atomic mass is 10.0. The predicted molar refractivity (Wildman–Crippen MR) is 169 cm³/mol. The average molecular weight is 625 g/mol. The number of carbonyl (C=O) groups excluding carboxylic acids is 1. The highest BCUT2D eigenvalue weighted by molar-refractivity contribution is 6.30. The van der Waals surface area contributed by atoms with Crippen LogP contribution in [0.1, 0.15) is 46.5 Å². The molecular weight excluding hydrogens is 595 g/mol. The van der Waals surface area contributed by atoms with Crippen molar-refractivity contribution >= 4 is 28.6 Å². The fourth-order valence-corrected chi connectivity index (χ4v) is 5.35. The molecule has 11 heteroatoms. The van der Waals surface area contributed by atoms with Crippen LogP contribution in [-0.4, -0.2) is 42.4 Å². The highest BCUT2D eigenvalue weighted by atomic mass is 35.5. The van der Waals surface area contributed by atoms with Gasteiger partial charge in [0.25, 0.3) is 0 Å². The van der Waals surface area contributed by atoms with E-state index in [1.165, 1.54) is 13.2 Å². The summed E-state index contributed by atoms with van der Waals surface area (Å²) in [5.74, 6) is 1.19. The molecule has 6 rings (SSSR count). The van der Waals surface area contributed by atoms with Crippen LogP contribution in [-0.2, 0) is 30.9 Å². The van der Waals surface area contributed by atoms with Crippen molar-refractivity contribution < 1.29 is 18.7 Å². The maximum atomic E-state index is 14.3. The third kappa shape index (κ3) is 6.56. The van der Waals surface area contributed by atoms with Crippen LogP contribution in [0.5, 0.6) is 5.88 Å². The second-order valence-electron chi connectivity index (χ2n) is 10.5. The summed E-state index contributed by atoms with van der Waals surface area (Å²) in [5, 5.41) is 8.82. The molecule has 3 heterocycles. The Kier molecular flexibility index (Phi) is 8.84. The molecule has 0 radical (unpaired) electrons. The Bertz CT molecular complexity index is 1970. The molecule has 9 nitrogen and oxygen atoms in total. The molecule has 3 aromatic carbocycles. The number of esters is 1. The Morgan fingerprint density at radius 1 is 1.02 bits per heavy atom. The average Bonchev–Trinajstić information content (AvgIpc) is 3.64. The second-order valence-corrected chi connectivity index (χ2v) is 10.9. The number of benzene rings is 3. The molecule has 45 heavy (non-hydrogen) atoms. The van der Waals surface area contributed by atoms with Crippen molar-refractivity contribution in [2.45, 2.75) is 39.5 Å². The van der Waals surface area contributed by atoms with Crippen molar-refractivity contribution in [2.75, 3.05) is 7.11 Å². The Morgan fingerprint density at radius 2 is 1.87 bits per heavy atom. The third-order valence-electron chi connectivity index (χ3n) is 7.49. The van der Waals surface area contributed by atoms with Crippen molar-refractivity contribution in [3.05, 3.63) is 124 Å². The largest absolute Gasteiger partial charge is 0.472 e. The molecule has 6 aromatic rings. The van der Waals surface area contributed by atoms with Gasteiger partial charge in [-0.2, -0.15) is 0 Å². The first-order valence-electron chi connectivity index (χ1n) is 14.5. The molecule has 0 bridgehead atoms. The van der Waals surface area contributed by atoms with Gasteiger partial charge in [0.2, 0.25) is 5.88 Å². The number of aryl methyl sites for hydroxylation is 1. The number of ether oxygens (including phenoxy) is 2. The first kappa shape index (κ1) is 30.0. The van der Waals surface area contributed by atoms with Gasteiger partial charge in [-0.15, -0.1) is 10.2 Å². The second kappa shape index (κ2) is 13.3. The van der Waals surface area contributed by atoms with E-state index < -0.39 is 11.8 Å². The number of hydrogen-bond acceptors (Lipinski definition) is 7. The van der Waals surface area contributed by atoms with Gasteiger partial charge < -0.3 is 18.6 Å². The van der Waals surface area contributed by atoms with Gasteiger partial charge in [0.1, 0.15) is 24.6 Å². The van der Waals surface area contributed by atoms with E-state index in [1.807, 2.05) is 47.0 Å². The smallest absolute Gasteiger partial charge is 0.337 e.